The lowest BCUT2D eigenvalue weighted by molar-refractivity contribution is -0.123. The molecular weight excluding hydrogens is 272 g/mol. The molecule has 5 heteroatoms. The fraction of sp³-hybridized carbons (Fsp3) is 0.467. The van der Waals surface area contributed by atoms with E-state index in [0.717, 1.165) is 24.8 Å². The van der Waals surface area contributed by atoms with E-state index in [4.69, 9.17) is 22.7 Å². The Labute approximate surface area is 125 Å². The first kappa shape index (κ1) is 16.4. The van der Waals surface area contributed by atoms with Crippen LogP contribution in [0.5, 0.6) is 5.75 Å². The van der Waals surface area contributed by atoms with Crippen LogP contribution in [0.25, 0.3) is 0 Å². The van der Waals surface area contributed by atoms with E-state index in [9.17, 15) is 4.79 Å². The van der Waals surface area contributed by atoms with Crippen LogP contribution < -0.4 is 15.8 Å². The molecule has 20 heavy (non-hydrogen) atoms. The van der Waals surface area contributed by atoms with Crippen LogP contribution in [0.2, 0.25) is 0 Å². The van der Waals surface area contributed by atoms with E-state index < -0.39 is 0 Å². The molecule has 1 aromatic carbocycles. The number of ether oxygens (including phenoxy) is 1. The van der Waals surface area contributed by atoms with E-state index in [1.807, 2.05) is 6.92 Å². The third-order valence-corrected chi connectivity index (χ3v) is 3.14. The van der Waals surface area contributed by atoms with Crippen LogP contribution >= 0.6 is 12.2 Å². The maximum Gasteiger partial charge on any atom is 0.258 e. The quantitative estimate of drug-likeness (QED) is 0.723. The summed E-state index contributed by atoms with van der Waals surface area (Å²) < 4.78 is 5.41. The van der Waals surface area contributed by atoms with Gasteiger partial charge in [0.15, 0.2) is 6.61 Å². The average molecular weight is 294 g/mol. The zero-order valence-electron chi connectivity index (χ0n) is 12.0. The number of carbonyl (C=O) groups excluding carboxylic acids is 1. The summed E-state index contributed by atoms with van der Waals surface area (Å²) in [7, 11) is 0. The zero-order chi connectivity index (χ0) is 15.0. The monoisotopic (exact) mass is 294 g/mol. The minimum atomic E-state index is -0.105. The highest BCUT2D eigenvalue weighted by Gasteiger charge is 2.07. The Morgan fingerprint density at radius 1 is 1.40 bits per heavy atom. The van der Waals surface area contributed by atoms with Gasteiger partial charge in [-0.3, -0.25) is 4.79 Å². The van der Waals surface area contributed by atoms with Crippen LogP contribution in [-0.2, 0) is 4.79 Å². The predicted octanol–water partition coefficient (Wildman–Crippen LogP) is 2.39. The highest BCUT2D eigenvalue weighted by atomic mass is 32.1. The zero-order valence-corrected chi connectivity index (χ0v) is 12.8. The first-order chi connectivity index (χ1) is 9.52. The molecule has 1 amide bonds. The van der Waals surface area contributed by atoms with E-state index in [-0.39, 0.29) is 18.6 Å². The second-order valence-electron chi connectivity index (χ2n) is 4.79. The van der Waals surface area contributed by atoms with Crippen molar-refractivity contribution < 1.29 is 9.53 Å². The van der Waals surface area contributed by atoms with Crippen LogP contribution in [0.3, 0.4) is 0 Å². The number of amides is 1. The summed E-state index contributed by atoms with van der Waals surface area (Å²) >= 11 is 4.87. The van der Waals surface area contributed by atoms with Crippen molar-refractivity contribution in [2.75, 3.05) is 6.61 Å². The van der Waals surface area contributed by atoms with Crippen molar-refractivity contribution in [2.45, 2.75) is 39.2 Å². The maximum atomic E-state index is 11.7. The van der Waals surface area contributed by atoms with Gasteiger partial charge in [-0.1, -0.05) is 32.0 Å². The summed E-state index contributed by atoms with van der Waals surface area (Å²) in [6.07, 6.45) is 3.24. The summed E-state index contributed by atoms with van der Waals surface area (Å²) in [6.45, 7) is 4.15. The molecule has 1 aromatic rings. The predicted molar refractivity (Wildman–Crippen MR) is 85.0 cm³/mol. The molecular formula is C15H22N2O2S. The molecule has 0 saturated heterocycles. The molecule has 1 rings (SSSR count). The summed E-state index contributed by atoms with van der Waals surface area (Å²) in [4.78, 5) is 12.0. The number of unbranched alkanes of at least 4 members (excludes halogenated alkanes) is 1. The molecule has 0 saturated carbocycles. The van der Waals surface area contributed by atoms with E-state index >= 15 is 0 Å². The first-order valence-corrected chi connectivity index (χ1v) is 7.25. The molecule has 0 spiro atoms. The van der Waals surface area contributed by atoms with Gasteiger partial charge < -0.3 is 15.8 Å². The SMILES string of the molecule is CCCCC(C)NC(=O)COc1ccc(C(N)=S)cc1. The molecule has 4 nitrogen and oxygen atoms in total. The Bertz CT molecular complexity index is 446. The Kier molecular flexibility index (Phi) is 7.01. The van der Waals surface area contributed by atoms with E-state index in [1.165, 1.54) is 0 Å². The minimum Gasteiger partial charge on any atom is -0.484 e. The van der Waals surface area contributed by atoms with Crippen LogP contribution in [0.1, 0.15) is 38.7 Å². The molecule has 0 fully saturated rings. The van der Waals surface area contributed by atoms with Gasteiger partial charge >= 0.3 is 0 Å². The Morgan fingerprint density at radius 2 is 2.05 bits per heavy atom. The lowest BCUT2D eigenvalue weighted by Gasteiger charge is -2.13. The fourth-order valence-electron chi connectivity index (χ4n) is 1.76. The molecule has 1 unspecified atom stereocenters. The van der Waals surface area contributed by atoms with Crippen molar-refractivity contribution in [3.8, 4) is 5.75 Å². The first-order valence-electron chi connectivity index (χ1n) is 6.85. The second kappa shape index (κ2) is 8.53. The minimum absolute atomic E-state index is 0.0167. The molecule has 0 heterocycles. The van der Waals surface area contributed by atoms with Gasteiger partial charge in [-0.25, -0.2) is 0 Å². The number of nitrogens with two attached hydrogens (primary N) is 1. The maximum absolute atomic E-state index is 11.7. The lowest BCUT2D eigenvalue weighted by Crippen LogP contribution is -2.36. The number of hydrogen-bond acceptors (Lipinski definition) is 3. The number of hydrogen-bond donors (Lipinski definition) is 2. The molecule has 0 bridgehead atoms. The van der Waals surface area contributed by atoms with Gasteiger partial charge in [-0.15, -0.1) is 0 Å². The summed E-state index contributed by atoms with van der Waals surface area (Å²) in [5.41, 5.74) is 6.29. The van der Waals surface area contributed by atoms with Gasteiger partial charge in [0.1, 0.15) is 10.7 Å². The van der Waals surface area contributed by atoms with Crippen LogP contribution in [0.4, 0.5) is 0 Å². The van der Waals surface area contributed by atoms with Gasteiger partial charge in [-0.2, -0.15) is 0 Å². The molecule has 110 valence electrons. The fourth-order valence-corrected chi connectivity index (χ4v) is 1.90. The van der Waals surface area contributed by atoms with Gasteiger partial charge in [0, 0.05) is 11.6 Å². The van der Waals surface area contributed by atoms with Crippen molar-refractivity contribution in [2.24, 2.45) is 5.73 Å². The summed E-state index contributed by atoms with van der Waals surface area (Å²) in [6, 6.07) is 7.24. The number of nitrogens with one attached hydrogen (secondary N) is 1. The largest absolute Gasteiger partial charge is 0.484 e. The van der Waals surface area contributed by atoms with Gasteiger partial charge in [0.05, 0.1) is 0 Å². The van der Waals surface area contributed by atoms with Crippen molar-refractivity contribution in [3.63, 3.8) is 0 Å². The molecule has 0 aliphatic heterocycles. The molecule has 3 N–H and O–H groups in total. The van der Waals surface area contributed by atoms with Crippen molar-refractivity contribution in [1.29, 1.82) is 0 Å². The van der Waals surface area contributed by atoms with E-state index in [0.29, 0.717) is 10.7 Å². The van der Waals surface area contributed by atoms with E-state index in [2.05, 4.69) is 12.2 Å². The summed E-state index contributed by atoms with van der Waals surface area (Å²) in [5, 5.41) is 2.91. The average Bonchev–Trinajstić information content (AvgIpc) is 2.43. The molecule has 0 radical (unpaired) electrons. The molecule has 0 aliphatic carbocycles. The standard InChI is InChI=1S/C15H22N2O2S/c1-3-4-5-11(2)17-14(18)10-19-13-8-6-12(7-9-13)15(16)20/h6-9,11H,3-5,10H2,1-2H3,(H2,16,20)(H,17,18). The second-order valence-corrected chi connectivity index (χ2v) is 5.23. The topological polar surface area (TPSA) is 64.3 Å². The third-order valence-electron chi connectivity index (χ3n) is 2.91. The Hall–Kier alpha value is -1.62. The van der Waals surface area contributed by atoms with Gasteiger partial charge in [-0.05, 0) is 37.6 Å². The van der Waals surface area contributed by atoms with Crippen LogP contribution in [-0.4, -0.2) is 23.5 Å². The van der Waals surface area contributed by atoms with Crippen molar-refractivity contribution in [3.05, 3.63) is 29.8 Å². The number of benzene rings is 1. The highest BCUT2D eigenvalue weighted by molar-refractivity contribution is 7.80. The van der Waals surface area contributed by atoms with Crippen LogP contribution in [0.15, 0.2) is 24.3 Å². The number of carbonyl (C=O) groups is 1. The van der Waals surface area contributed by atoms with Crippen molar-refractivity contribution >= 4 is 23.1 Å². The summed E-state index contributed by atoms with van der Waals surface area (Å²) in [5.74, 6) is 0.522. The number of rotatable bonds is 8. The normalized spacial score (nSPS) is 11.7. The highest BCUT2D eigenvalue weighted by Crippen LogP contribution is 2.12. The molecule has 0 aromatic heterocycles. The molecule has 1 atom stereocenters. The van der Waals surface area contributed by atoms with Crippen LogP contribution in [0, 0.1) is 0 Å². The number of thiocarbonyl (C=S) groups is 1. The van der Waals surface area contributed by atoms with Gasteiger partial charge in [0.25, 0.3) is 5.91 Å². The third kappa shape index (κ3) is 6.02. The Morgan fingerprint density at radius 3 is 2.60 bits per heavy atom. The van der Waals surface area contributed by atoms with Crippen molar-refractivity contribution in [1.82, 2.24) is 5.32 Å². The van der Waals surface area contributed by atoms with E-state index in [1.54, 1.807) is 24.3 Å². The Balaban J connectivity index is 2.35. The smallest absolute Gasteiger partial charge is 0.258 e. The van der Waals surface area contributed by atoms with Gasteiger partial charge in [0.2, 0.25) is 0 Å². The molecule has 0 aliphatic rings. The lowest BCUT2D eigenvalue weighted by atomic mass is 10.1.